The summed E-state index contributed by atoms with van der Waals surface area (Å²) < 4.78 is 13.5. The molecule has 0 aliphatic rings. The number of nitrogens with one attached hydrogen (secondary N) is 1. The summed E-state index contributed by atoms with van der Waals surface area (Å²) in [6.45, 7) is 0.748. The van der Waals surface area contributed by atoms with Crippen molar-refractivity contribution in [1.29, 1.82) is 0 Å². The number of aromatic carboxylic acids is 1. The SMILES string of the molecule is CC(=O)Nc1cc(F)c(C(=O)O)cc1CC[N+](=O)[O-]. The number of carboxylic acids is 1. The van der Waals surface area contributed by atoms with E-state index in [9.17, 15) is 24.1 Å². The van der Waals surface area contributed by atoms with Gasteiger partial charge in [0, 0.05) is 24.0 Å². The first-order valence-electron chi connectivity index (χ1n) is 5.26. The number of carbonyl (C=O) groups excluding carboxylic acids is 1. The van der Waals surface area contributed by atoms with E-state index in [1.165, 1.54) is 6.92 Å². The lowest BCUT2D eigenvalue weighted by Gasteiger charge is -2.10. The van der Waals surface area contributed by atoms with E-state index in [4.69, 9.17) is 5.11 Å². The molecule has 0 aliphatic carbocycles. The average molecular weight is 270 g/mol. The average Bonchev–Trinajstić information content (AvgIpc) is 2.26. The molecule has 0 spiro atoms. The van der Waals surface area contributed by atoms with Gasteiger partial charge >= 0.3 is 5.97 Å². The summed E-state index contributed by atoms with van der Waals surface area (Å²) >= 11 is 0. The molecule has 0 unspecified atom stereocenters. The molecule has 1 rings (SSSR count). The van der Waals surface area contributed by atoms with Crippen LogP contribution in [0, 0.1) is 15.9 Å². The van der Waals surface area contributed by atoms with Crippen molar-refractivity contribution in [1.82, 2.24) is 0 Å². The first kappa shape index (κ1) is 14.6. The Labute approximate surface area is 107 Å². The number of anilines is 1. The van der Waals surface area contributed by atoms with Crippen LogP contribution in [0.1, 0.15) is 22.8 Å². The van der Waals surface area contributed by atoms with E-state index >= 15 is 0 Å². The zero-order valence-electron chi connectivity index (χ0n) is 9.97. The van der Waals surface area contributed by atoms with E-state index in [0.29, 0.717) is 0 Å². The third-order valence-corrected chi connectivity index (χ3v) is 2.30. The molecule has 19 heavy (non-hydrogen) atoms. The minimum atomic E-state index is -1.48. The van der Waals surface area contributed by atoms with Gasteiger partial charge in [0.1, 0.15) is 5.82 Å². The van der Waals surface area contributed by atoms with Crippen LogP contribution in [0.3, 0.4) is 0 Å². The fourth-order valence-corrected chi connectivity index (χ4v) is 1.51. The van der Waals surface area contributed by atoms with Crippen molar-refractivity contribution in [2.24, 2.45) is 0 Å². The summed E-state index contributed by atoms with van der Waals surface area (Å²) in [5, 5.41) is 21.4. The predicted octanol–water partition coefficient (Wildman–Crippen LogP) is 1.30. The van der Waals surface area contributed by atoms with Crippen LogP contribution < -0.4 is 5.32 Å². The molecule has 8 heteroatoms. The minimum Gasteiger partial charge on any atom is -0.478 e. The van der Waals surface area contributed by atoms with Crippen LogP contribution in [0.15, 0.2) is 12.1 Å². The number of rotatable bonds is 5. The van der Waals surface area contributed by atoms with Gasteiger partial charge in [-0.25, -0.2) is 9.18 Å². The molecule has 7 nitrogen and oxygen atoms in total. The van der Waals surface area contributed by atoms with Crippen LogP contribution >= 0.6 is 0 Å². The molecule has 0 bridgehead atoms. The number of hydrogen-bond donors (Lipinski definition) is 2. The molecular weight excluding hydrogens is 259 g/mol. The second-order valence-electron chi connectivity index (χ2n) is 3.78. The fraction of sp³-hybridized carbons (Fsp3) is 0.273. The van der Waals surface area contributed by atoms with Crippen LogP contribution in [0.4, 0.5) is 10.1 Å². The lowest BCUT2D eigenvalue weighted by molar-refractivity contribution is -0.479. The first-order chi connectivity index (χ1) is 8.81. The monoisotopic (exact) mass is 270 g/mol. The van der Waals surface area contributed by atoms with Crippen LogP contribution in [0.5, 0.6) is 0 Å². The highest BCUT2D eigenvalue weighted by Crippen LogP contribution is 2.22. The van der Waals surface area contributed by atoms with E-state index in [0.717, 1.165) is 12.1 Å². The number of nitro groups is 1. The van der Waals surface area contributed by atoms with Crippen molar-refractivity contribution in [3.05, 3.63) is 39.2 Å². The summed E-state index contributed by atoms with van der Waals surface area (Å²) in [5.74, 6) is -2.97. The smallest absolute Gasteiger partial charge is 0.338 e. The van der Waals surface area contributed by atoms with Crippen LogP contribution in [-0.4, -0.2) is 28.5 Å². The largest absolute Gasteiger partial charge is 0.478 e. The number of carbonyl (C=O) groups is 2. The lowest BCUT2D eigenvalue weighted by atomic mass is 10.0. The molecule has 1 amide bonds. The van der Waals surface area contributed by atoms with E-state index in [1.54, 1.807) is 0 Å². The van der Waals surface area contributed by atoms with Gasteiger partial charge in [-0.3, -0.25) is 14.9 Å². The Balaban J connectivity index is 3.19. The molecule has 0 radical (unpaired) electrons. The van der Waals surface area contributed by atoms with Gasteiger partial charge in [-0.05, 0) is 17.7 Å². The van der Waals surface area contributed by atoms with Crippen molar-refractivity contribution < 1.29 is 24.0 Å². The zero-order chi connectivity index (χ0) is 14.6. The second-order valence-corrected chi connectivity index (χ2v) is 3.78. The number of halogens is 1. The standard InChI is InChI=1S/C11H11FN2O5/c1-6(15)13-10-5-9(12)8(11(16)17)4-7(10)2-3-14(18)19/h4-5H,2-3H2,1H3,(H,13,15)(H,16,17). The molecule has 2 N–H and O–H groups in total. The molecule has 0 aromatic heterocycles. The summed E-state index contributed by atoms with van der Waals surface area (Å²) in [6, 6.07) is 1.84. The quantitative estimate of drug-likeness (QED) is 0.619. The normalized spacial score (nSPS) is 10.0. The van der Waals surface area contributed by atoms with Crippen molar-refractivity contribution in [3.63, 3.8) is 0 Å². The number of benzene rings is 1. The molecular formula is C11H11FN2O5. The highest BCUT2D eigenvalue weighted by molar-refractivity contribution is 5.92. The maximum absolute atomic E-state index is 13.5. The molecule has 102 valence electrons. The van der Waals surface area contributed by atoms with Crippen molar-refractivity contribution >= 4 is 17.6 Å². The van der Waals surface area contributed by atoms with Crippen molar-refractivity contribution in [2.45, 2.75) is 13.3 Å². The van der Waals surface area contributed by atoms with E-state index < -0.39 is 34.7 Å². The van der Waals surface area contributed by atoms with Gasteiger partial charge in [0.15, 0.2) is 0 Å². The Kier molecular flexibility index (Phi) is 4.51. The second kappa shape index (κ2) is 5.89. The Morgan fingerprint density at radius 2 is 2.11 bits per heavy atom. The van der Waals surface area contributed by atoms with Crippen molar-refractivity contribution in [3.8, 4) is 0 Å². The Bertz CT molecular complexity index is 544. The van der Waals surface area contributed by atoms with Crippen LogP contribution in [0.2, 0.25) is 0 Å². The minimum absolute atomic E-state index is 0.0388. The number of amides is 1. The molecule has 0 saturated heterocycles. The Hall–Kier alpha value is -2.51. The summed E-state index contributed by atoms with van der Waals surface area (Å²) in [5.41, 5.74) is -0.352. The first-order valence-corrected chi connectivity index (χ1v) is 5.26. The van der Waals surface area contributed by atoms with Crippen LogP contribution in [0.25, 0.3) is 0 Å². The number of carboxylic acid groups (broad SMARTS) is 1. The zero-order valence-corrected chi connectivity index (χ0v) is 9.97. The Morgan fingerprint density at radius 3 is 2.58 bits per heavy atom. The maximum atomic E-state index is 13.5. The molecule has 0 aliphatic heterocycles. The van der Waals surface area contributed by atoms with Crippen molar-refractivity contribution in [2.75, 3.05) is 11.9 Å². The summed E-state index contributed by atoms with van der Waals surface area (Å²) in [7, 11) is 0. The van der Waals surface area contributed by atoms with Gasteiger partial charge in [0.2, 0.25) is 12.5 Å². The third-order valence-electron chi connectivity index (χ3n) is 2.30. The fourth-order valence-electron chi connectivity index (χ4n) is 1.51. The summed E-state index contributed by atoms with van der Waals surface area (Å²) in [6.07, 6.45) is -0.108. The van der Waals surface area contributed by atoms with E-state index in [2.05, 4.69) is 5.32 Å². The highest BCUT2D eigenvalue weighted by Gasteiger charge is 2.16. The molecule has 0 heterocycles. The highest BCUT2D eigenvalue weighted by atomic mass is 19.1. The Morgan fingerprint density at radius 1 is 1.47 bits per heavy atom. The van der Waals surface area contributed by atoms with Gasteiger partial charge < -0.3 is 10.4 Å². The summed E-state index contributed by atoms with van der Waals surface area (Å²) in [4.78, 5) is 31.5. The third kappa shape index (κ3) is 4.02. The van der Waals surface area contributed by atoms with Gasteiger partial charge in [-0.2, -0.15) is 0 Å². The lowest BCUT2D eigenvalue weighted by Crippen LogP contribution is -2.13. The van der Waals surface area contributed by atoms with E-state index in [1.807, 2.05) is 0 Å². The molecule has 0 saturated carbocycles. The predicted molar refractivity (Wildman–Crippen MR) is 63.2 cm³/mol. The van der Waals surface area contributed by atoms with Gasteiger partial charge in [-0.15, -0.1) is 0 Å². The van der Waals surface area contributed by atoms with Crippen LogP contribution in [-0.2, 0) is 11.2 Å². The van der Waals surface area contributed by atoms with Gasteiger partial charge in [0.05, 0.1) is 5.56 Å². The van der Waals surface area contributed by atoms with Gasteiger partial charge in [0.25, 0.3) is 0 Å². The number of nitrogens with zero attached hydrogens (tertiary/aromatic N) is 1. The number of hydrogen-bond acceptors (Lipinski definition) is 4. The topological polar surface area (TPSA) is 110 Å². The molecule has 1 aromatic rings. The molecule has 1 aromatic carbocycles. The van der Waals surface area contributed by atoms with E-state index in [-0.39, 0.29) is 17.7 Å². The van der Waals surface area contributed by atoms with Gasteiger partial charge in [-0.1, -0.05) is 0 Å². The molecule has 0 fully saturated rings. The maximum Gasteiger partial charge on any atom is 0.338 e. The molecule has 0 atom stereocenters.